The minimum atomic E-state index is -4.77. The number of furan rings is 1. The summed E-state index contributed by atoms with van der Waals surface area (Å²) in [7, 11) is 3.74. The highest BCUT2D eigenvalue weighted by Gasteiger charge is 2.31. The molecule has 3 rings (SSSR count). The number of rotatable bonds is 6. The van der Waals surface area contributed by atoms with Crippen LogP contribution in [0.4, 0.5) is 13.2 Å². The summed E-state index contributed by atoms with van der Waals surface area (Å²) >= 11 is 0. The third-order valence-electron chi connectivity index (χ3n) is 4.20. The zero-order valence-corrected chi connectivity index (χ0v) is 15.3. The summed E-state index contributed by atoms with van der Waals surface area (Å²) in [5.74, 6) is -0.0700. The lowest BCUT2D eigenvalue weighted by Gasteiger charge is -2.22. The SMILES string of the molecule is CN(C)C(CNC(=O)c1ccc(OC(F)(F)F)cc1)c1cc2ccccc2o1. The molecule has 1 amide bonds. The lowest BCUT2D eigenvalue weighted by atomic mass is 10.1. The summed E-state index contributed by atoms with van der Waals surface area (Å²) < 4.78 is 46.3. The van der Waals surface area contributed by atoms with Gasteiger partial charge in [0.2, 0.25) is 0 Å². The summed E-state index contributed by atoms with van der Waals surface area (Å²) in [4.78, 5) is 14.3. The van der Waals surface area contributed by atoms with E-state index in [0.29, 0.717) is 5.76 Å². The molecule has 0 aliphatic heterocycles. The molecule has 0 spiro atoms. The van der Waals surface area contributed by atoms with E-state index in [0.717, 1.165) is 23.1 Å². The molecular weight excluding hydrogens is 373 g/mol. The summed E-state index contributed by atoms with van der Waals surface area (Å²) in [6.45, 7) is 0.270. The first-order valence-corrected chi connectivity index (χ1v) is 8.52. The van der Waals surface area contributed by atoms with Crippen LogP contribution in [-0.4, -0.2) is 37.8 Å². The Morgan fingerprint density at radius 1 is 1.14 bits per heavy atom. The molecule has 1 aromatic heterocycles. The van der Waals surface area contributed by atoms with Gasteiger partial charge >= 0.3 is 6.36 Å². The smallest absolute Gasteiger partial charge is 0.459 e. The predicted molar refractivity (Wildman–Crippen MR) is 98.1 cm³/mol. The number of benzene rings is 2. The molecule has 28 heavy (non-hydrogen) atoms. The largest absolute Gasteiger partial charge is 0.573 e. The van der Waals surface area contributed by atoms with Crippen molar-refractivity contribution in [2.45, 2.75) is 12.4 Å². The van der Waals surface area contributed by atoms with Crippen LogP contribution >= 0.6 is 0 Å². The van der Waals surface area contributed by atoms with Gasteiger partial charge in [0.05, 0.1) is 6.04 Å². The van der Waals surface area contributed by atoms with Crippen LogP contribution < -0.4 is 10.1 Å². The van der Waals surface area contributed by atoms with Gasteiger partial charge in [-0.2, -0.15) is 0 Å². The van der Waals surface area contributed by atoms with Crippen molar-refractivity contribution in [3.63, 3.8) is 0 Å². The normalized spacial score (nSPS) is 12.9. The number of para-hydroxylation sites is 1. The molecule has 1 unspecified atom stereocenters. The van der Waals surface area contributed by atoms with Crippen LogP contribution in [0.3, 0.4) is 0 Å². The quantitative estimate of drug-likeness (QED) is 0.677. The summed E-state index contributed by atoms with van der Waals surface area (Å²) in [6.07, 6.45) is -4.77. The Morgan fingerprint density at radius 2 is 1.82 bits per heavy atom. The number of likely N-dealkylation sites (N-methyl/N-ethyl adjacent to an activating group) is 1. The Morgan fingerprint density at radius 3 is 2.43 bits per heavy atom. The standard InChI is InChI=1S/C20H19F3N2O3/c1-25(2)16(18-11-14-5-3-4-6-17(14)27-18)12-24-19(26)13-7-9-15(10-8-13)28-20(21,22)23/h3-11,16H,12H2,1-2H3,(H,24,26). The maximum atomic E-state index is 12.3. The lowest BCUT2D eigenvalue weighted by molar-refractivity contribution is -0.274. The molecule has 0 bridgehead atoms. The first-order valence-electron chi connectivity index (χ1n) is 8.52. The Bertz CT molecular complexity index is 916. The van der Waals surface area contributed by atoms with Crippen LogP contribution in [0.5, 0.6) is 5.75 Å². The van der Waals surface area contributed by atoms with Crippen molar-refractivity contribution in [3.8, 4) is 5.75 Å². The Labute approximate surface area is 159 Å². The van der Waals surface area contributed by atoms with E-state index < -0.39 is 12.3 Å². The van der Waals surface area contributed by atoms with Gasteiger partial charge in [-0.15, -0.1) is 13.2 Å². The fraction of sp³-hybridized carbons (Fsp3) is 0.250. The molecule has 3 aromatic rings. The number of nitrogens with zero attached hydrogens (tertiary/aromatic N) is 1. The van der Waals surface area contributed by atoms with Crippen LogP contribution in [0.2, 0.25) is 0 Å². The van der Waals surface area contributed by atoms with Crippen LogP contribution in [-0.2, 0) is 0 Å². The van der Waals surface area contributed by atoms with Crippen LogP contribution in [0.1, 0.15) is 22.2 Å². The number of ether oxygens (including phenoxy) is 1. The maximum Gasteiger partial charge on any atom is 0.573 e. The van der Waals surface area contributed by atoms with Crippen molar-refractivity contribution in [1.82, 2.24) is 10.2 Å². The third-order valence-corrected chi connectivity index (χ3v) is 4.20. The van der Waals surface area contributed by atoms with Crippen molar-refractivity contribution in [2.75, 3.05) is 20.6 Å². The first-order chi connectivity index (χ1) is 13.2. The minimum Gasteiger partial charge on any atom is -0.459 e. The van der Waals surface area contributed by atoms with Crippen molar-refractivity contribution < 1.29 is 27.1 Å². The van der Waals surface area contributed by atoms with Gasteiger partial charge in [0.25, 0.3) is 5.91 Å². The second-order valence-corrected chi connectivity index (χ2v) is 6.45. The topological polar surface area (TPSA) is 54.7 Å². The van der Waals surface area contributed by atoms with E-state index in [1.807, 2.05) is 49.3 Å². The molecule has 5 nitrogen and oxygen atoms in total. The van der Waals surface area contributed by atoms with Crippen molar-refractivity contribution in [1.29, 1.82) is 0 Å². The van der Waals surface area contributed by atoms with E-state index in [4.69, 9.17) is 4.42 Å². The maximum absolute atomic E-state index is 12.3. The molecule has 0 aliphatic rings. The predicted octanol–water partition coefficient (Wildman–Crippen LogP) is 4.36. The summed E-state index contributed by atoms with van der Waals surface area (Å²) in [5, 5.41) is 3.76. The number of hydrogen-bond acceptors (Lipinski definition) is 4. The Hall–Kier alpha value is -3.00. The monoisotopic (exact) mass is 392 g/mol. The molecule has 0 aliphatic carbocycles. The molecule has 8 heteroatoms. The first kappa shape index (κ1) is 19.8. The highest BCUT2D eigenvalue weighted by molar-refractivity contribution is 5.94. The molecule has 1 heterocycles. The van der Waals surface area contributed by atoms with E-state index >= 15 is 0 Å². The Kier molecular flexibility index (Phi) is 5.60. The number of halogens is 3. The van der Waals surface area contributed by atoms with Crippen LogP contribution in [0, 0.1) is 0 Å². The fourth-order valence-corrected chi connectivity index (χ4v) is 2.80. The number of carbonyl (C=O) groups excluding carboxylic acids is 1. The fourth-order valence-electron chi connectivity index (χ4n) is 2.80. The molecule has 0 saturated carbocycles. The van der Waals surface area contributed by atoms with Crippen LogP contribution in [0.25, 0.3) is 11.0 Å². The highest BCUT2D eigenvalue weighted by atomic mass is 19.4. The number of carbonyl (C=O) groups is 1. The van der Waals surface area contributed by atoms with Crippen molar-refractivity contribution in [3.05, 3.63) is 65.9 Å². The zero-order valence-electron chi connectivity index (χ0n) is 15.3. The van der Waals surface area contributed by atoms with Gasteiger partial charge in [0, 0.05) is 17.5 Å². The molecule has 0 saturated heterocycles. The summed E-state index contributed by atoms with van der Waals surface area (Å²) in [6, 6.07) is 14.1. The van der Waals surface area contributed by atoms with E-state index in [-0.39, 0.29) is 23.9 Å². The van der Waals surface area contributed by atoms with E-state index in [1.165, 1.54) is 12.1 Å². The van der Waals surface area contributed by atoms with Gasteiger partial charge in [0.15, 0.2) is 0 Å². The molecule has 0 fully saturated rings. The van der Waals surface area contributed by atoms with Crippen molar-refractivity contribution >= 4 is 16.9 Å². The van der Waals surface area contributed by atoms with Gasteiger partial charge in [-0.3, -0.25) is 9.69 Å². The molecule has 1 N–H and O–H groups in total. The number of alkyl halides is 3. The summed E-state index contributed by atoms with van der Waals surface area (Å²) in [5.41, 5.74) is 0.993. The number of hydrogen-bond donors (Lipinski definition) is 1. The highest BCUT2D eigenvalue weighted by Crippen LogP contribution is 2.26. The average Bonchev–Trinajstić information content (AvgIpc) is 3.04. The van der Waals surface area contributed by atoms with Gasteiger partial charge in [-0.1, -0.05) is 18.2 Å². The Balaban J connectivity index is 1.67. The lowest BCUT2D eigenvalue weighted by Crippen LogP contribution is -2.34. The van der Waals surface area contributed by atoms with Gasteiger partial charge < -0.3 is 14.5 Å². The second kappa shape index (κ2) is 7.93. The zero-order chi connectivity index (χ0) is 20.3. The molecule has 2 aromatic carbocycles. The average molecular weight is 392 g/mol. The third kappa shape index (κ3) is 4.83. The minimum absolute atomic E-state index is 0.204. The van der Waals surface area contributed by atoms with Gasteiger partial charge in [-0.25, -0.2) is 0 Å². The molecule has 1 atom stereocenters. The molecular formula is C20H19F3N2O3. The number of nitrogens with one attached hydrogen (secondary N) is 1. The number of fused-ring (bicyclic) bond motifs is 1. The van der Waals surface area contributed by atoms with E-state index in [9.17, 15) is 18.0 Å². The number of amides is 1. The second-order valence-electron chi connectivity index (χ2n) is 6.45. The van der Waals surface area contributed by atoms with Crippen molar-refractivity contribution in [2.24, 2.45) is 0 Å². The van der Waals surface area contributed by atoms with Gasteiger partial charge in [-0.05, 0) is 50.5 Å². The van der Waals surface area contributed by atoms with Gasteiger partial charge in [0.1, 0.15) is 17.1 Å². The van der Waals surface area contributed by atoms with E-state index in [1.54, 1.807) is 0 Å². The molecule has 148 valence electrons. The van der Waals surface area contributed by atoms with Crippen LogP contribution in [0.15, 0.2) is 59.0 Å². The van der Waals surface area contributed by atoms with E-state index in [2.05, 4.69) is 10.1 Å². The molecule has 0 radical (unpaired) electrons.